The Morgan fingerprint density at radius 3 is 2.80 bits per heavy atom. The number of rotatable bonds is 5. The summed E-state index contributed by atoms with van der Waals surface area (Å²) in [7, 11) is 1.90. The van der Waals surface area contributed by atoms with E-state index in [1.807, 2.05) is 14.0 Å². The third kappa shape index (κ3) is 2.99. The van der Waals surface area contributed by atoms with Crippen LogP contribution in [0.1, 0.15) is 32.1 Å². The molecule has 2 rings (SSSR count). The lowest BCUT2D eigenvalue weighted by Gasteiger charge is -2.18. The molecule has 0 fully saturated rings. The van der Waals surface area contributed by atoms with Crippen LogP contribution in [0.3, 0.4) is 0 Å². The van der Waals surface area contributed by atoms with Crippen molar-refractivity contribution in [3.63, 3.8) is 0 Å². The van der Waals surface area contributed by atoms with E-state index in [2.05, 4.69) is 22.4 Å². The van der Waals surface area contributed by atoms with Gasteiger partial charge in [-0.05, 0) is 31.7 Å². The van der Waals surface area contributed by atoms with Crippen LogP contribution in [0.25, 0.3) is 11.4 Å². The van der Waals surface area contributed by atoms with E-state index in [1.165, 1.54) is 12.1 Å². The smallest absolute Gasteiger partial charge is 0.231 e. The van der Waals surface area contributed by atoms with Gasteiger partial charge < -0.3 is 9.84 Å². The van der Waals surface area contributed by atoms with Crippen molar-refractivity contribution in [2.24, 2.45) is 0 Å². The average molecular weight is 298 g/mol. The predicted octanol–water partition coefficient (Wildman–Crippen LogP) is 3.63. The van der Waals surface area contributed by atoms with Gasteiger partial charge >= 0.3 is 0 Å². The van der Waals surface area contributed by atoms with Crippen molar-refractivity contribution in [3.8, 4) is 11.4 Å². The molecule has 1 N–H and O–H groups in total. The molecule has 0 amide bonds. The Morgan fingerprint density at radius 2 is 2.20 bits per heavy atom. The van der Waals surface area contributed by atoms with Gasteiger partial charge in [0.15, 0.2) is 0 Å². The first kappa shape index (κ1) is 14.9. The molecule has 0 saturated heterocycles. The van der Waals surface area contributed by atoms with Crippen molar-refractivity contribution in [2.75, 3.05) is 7.05 Å². The Labute approximate surface area is 122 Å². The highest BCUT2D eigenvalue weighted by molar-refractivity contribution is 6.33. The standard InChI is InChI=1S/C14H17ClFN3O/c1-4-12(17-3)8(2)14-18-13(19-20-14)10-6-5-9(16)7-11(10)15/h5-8,12,17H,4H2,1-3H3. The Bertz CT molecular complexity index is 584. The summed E-state index contributed by atoms with van der Waals surface area (Å²) >= 11 is 6.00. The monoisotopic (exact) mass is 297 g/mol. The van der Waals surface area contributed by atoms with Crippen LogP contribution in [-0.2, 0) is 0 Å². The van der Waals surface area contributed by atoms with Gasteiger partial charge in [-0.3, -0.25) is 0 Å². The lowest BCUT2D eigenvalue weighted by atomic mass is 10.00. The van der Waals surface area contributed by atoms with Gasteiger partial charge in [0.2, 0.25) is 11.7 Å². The maximum atomic E-state index is 13.0. The molecular weight excluding hydrogens is 281 g/mol. The third-order valence-electron chi connectivity index (χ3n) is 3.42. The minimum atomic E-state index is -0.392. The van der Waals surface area contributed by atoms with Crippen LogP contribution < -0.4 is 5.32 Å². The highest BCUT2D eigenvalue weighted by Gasteiger charge is 2.22. The van der Waals surface area contributed by atoms with Gasteiger partial charge in [0.1, 0.15) is 5.82 Å². The Hall–Kier alpha value is -1.46. The number of aromatic nitrogens is 2. The summed E-state index contributed by atoms with van der Waals surface area (Å²) in [6, 6.07) is 4.36. The van der Waals surface area contributed by atoms with Crippen LogP contribution in [0.4, 0.5) is 4.39 Å². The number of nitrogens with one attached hydrogen (secondary N) is 1. The molecule has 2 atom stereocenters. The number of halogens is 2. The summed E-state index contributed by atoms with van der Waals surface area (Å²) in [4.78, 5) is 4.36. The van der Waals surface area contributed by atoms with Crippen LogP contribution in [-0.4, -0.2) is 23.2 Å². The zero-order valence-electron chi connectivity index (χ0n) is 11.7. The number of benzene rings is 1. The summed E-state index contributed by atoms with van der Waals surface area (Å²) in [5.74, 6) is 0.618. The van der Waals surface area contributed by atoms with Crippen molar-refractivity contribution in [3.05, 3.63) is 34.9 Å². The molecule has 1 aromatic heterocycles. The molecule has 0 aliphatic heterocycles. The largest absolute Gasteiger partial charge is 0.339 e. The molecule has 20 heavy (non-hydrogen) atoms. The van der Waals surface area contributed by atoms with Gasteiger partial charge in [-0.2, -0.15) is 4.98 Å². The first-order chi connectivity index (χ1) is 9.56. The molecule has 6 heteroatoms. The summed E-state index contributed by atoms with van der Waals surface area (Å²) in [6.45, 7) is 4.11. The van der Waals surface area contributed by atoms with E-state index in [0.717, 1.165) is 6.42 Å². The van der Waals surface area contributed by atoms with E-state index in [0.29, 0.717) is 17.3 Å². The lowest BCUT2D eigenvalue weighted by Crippen LogP contribution is -2.30. The number of hydrogen-bond acceptors (Lipinski definition) is 4. The van der Waals surface area contributed by atoms with Gasteiger partial charge in [0.05, 0.1) is 10.9 Å². The fourth-order valence-electron chi connectivity index (χ4n) is 2.18. The van der Waals surface area contributed by atoms with Crippen molar-refractivity contribution >= 4 is 11.6 Å². The minimum absolute atomic E-state index is 0.0884. The molecule has 0 radical (unpaired) electrons. The lowest BCUT2D eigenvalue weighted by molar-refractivity contribution is 0.326. The molecule has 0 bridgehead atoms. The second-order valence-electron chi connectivity index (χ2n) is 4.67. The van der Waals surface area contributed by atoms with E-state index in [4.69, 9.17) is 16.1 Å². The fourth-order valence-corrected chi connectivity index (χ4v) is 2.43. The van der Waals surface area contributed by atoms with Crippen molar-refractivity contribution < 1.29 is 8.91 Å². The number of likely N-dealkylation sites (N-methyl/N-ethyl adjacent to an activating group) is 1. The topological polar surface area (TPSA) is 51.0 Å². The van der Waals surface area contributed by atoms with Crippen LogP contribution in [0, 0.1) is 5.82 Å². The Kier molecular flexibility index (Phi) is 4.73. The zero-order chi connectivity index (χ0) is 14.7. The summed E-state index contributed by atoms with van der Waals surface area (Å²) in [5, 5.41) is 7.41. The molecule has 0 aliphatic rings. The molecule has 1 heterocycles. The Balaban J connectivity index is 2.28. The van der Waals surface area contributed by atoms with Gasteiger partial charge in [0, 0.05) is 11.6 Å². The predicted molar refractivity (Wildman–Crippen MR) is 76.3 cm³/mol. The summed E-state index contributed by atoms with van der Waals surface area (Å²) < 4.78 is 18.3. The second kappa shape index (κ2) is 6.33. The molecule has 0 spiro atoms. The van der Waals surface area contributed by atoms with Crippen LogP contribution in [0.2, 0.25) is 5.02 Å². The molecule has 4 nitrogen and oxygen atoms in total. The molecule has 2 unspecified atom stereocenters. The Morgan fingerprint density at radius 1 is 1.45 bits per heavy atom. The molecule has 0 saturated carbocycles. The van der Waals surface area contributed by atoms with Gasteiger partial charge in [-0.1, -0.05) is 30.6 Å². The molecular formula is C14H17ClFN3O. The van der Waals surface area contributed by atoms with Crippen molar-refractivity contribution in [2.45, 2.75) is 32.2 Å². The van der Waals surface area contributed by atoms with E-state index in [-0.39, 0.29) is 17.0 Å². The average Bonchev–Trinajstić information content (AvgIpc) is 2.89. The molecule has 1 aromatic carbocycles. The number of nitrogens with zero attached hydrogens (tertiary/aromatic N) is 2. The van der Waals surface area contributed by atoms with E-state index < -0.39 is 5.82 Å². The van der Waals surface area contributed by atoms with Crippen LogP contribution in [0.5, 0.6) is 0 Å². The first-order valence-electron chi connectivity index (χ1n) is 6.53. The van der Waals surface area contributed by atoms with Gasteiger partial charge in [-0.25, -0.2) is 4.39 Å². The van der Waals surface area contributed by atoms with Crippen molar-refractivity contribution in [1.82, 2.24) is 15.5 Å². The number of hydrogen-bond donors (Lipinski definition) is 1. The van der Waals surface area contributed by atoms with Crippen LogP contribution >= 0.6 is 11.6 Å². The molecule has 2 aromatic rings. The zero-order valence-corrected chi connectivity index (χ0v) is 12.4. The third-order valence-corrected chi connectivity index (χ3v) is 3.73. The molecule has 0 aliphatic carbocycles. The highest BCUT2D eigenvalue weighted by Crippen LogP contribution is 2.28. The normalized spacial score (nSPS) is 14.2. The quantitative estimate of drug-likeness (QED) is 0.915. The second-order valence-corrected chi connectivity index (χ2v) is 5.08. The van der Waals surface area contributed by atoms with E-state index in [9.17, 15) is 4.39 Å². The minimum Gasteiger partial charge on any atom is -0.339 e. The van der Waals surface area contributed by atoms with Crippen LogP contribution in [0.15, 0.2) is 22.7 Å². The van der Waals surface area contributed by atoms with E-state index >= 15 is 0 Å². The maximum absolute atomic E-state index is 13.0. The maximum Gasteiger partial charge on any atom is 0.231 e. The summed E-state index contributed by atoms with van der Waals surface area (Å²) in [6.07, 6.45) is 0.951. The van der Waals surface area contributed by atoms with E-state index in [1.54, 1.807) is 6.07 Å². The van der Waals surface area contributed by atoms with Gasteiger partial charge in [0.25, 0.3) is 0 Å². The molecule has 108 valence electrons. The SMILES string of the molecule is CCC(NC)C(C)c1nc(-c2ccc(F)cc2Cl)no1. The fraction of sp³-hybridized carbons (Fsp3) is 0.429. The summed E-state index contributed by atoms with van der Waals surface area (Å²) in [5.41, 5.74) is 0.563. The van der Waals surface area contributed by atoms with Gasteiger partial charge in [-0.15, -0.1) is 0 Å². The first-order valence-corrected chi connectivity index (χ1v) is 6.90. The highest BCUT2D eigenvalue weighted by atomic mass is 35.5. The van der Waals surface area contributed by atoms with Crippen molar-refractivity contribution in [1.29, 1.82) is 0 Å².